The van der Waals surface area contributed by atoms with E-state index in [1.165, 1.54) is 18.0 Å². The largest absolute Gasteiger partial charge is 0.469 e. The Hall–Kier alpha value is -1.80. The van der Waals surface area contributed by atoms with Crippen LogP contribution in [0.25, 0.3) is 0 Å². The van der Waals surface area contributed by atoms with Crippen molar-refractivity contribution >= 4 is 34.9 Å². The van der Waals surface area contributed by atoms with Crippen molar-refractivity contribution in [3.05, 3.63) is 38.7 Å². The standard InChI is InChI=1S/C12H8N2O4S2/c15-9-6-5(4-2-1-3-18-4)8-11(14-12(17)20-8)19-7(6)10(16)13-9/h1-3,5-7H,(H,14,17)(H,13,15,16)/t5-,6+,7-/m0/s1. The molecular weight excluding hydrogens is 300 g/mol. The van der Waals surface area contributed by atoms with Crippen LogP contribution in [-0.4, -0.2) is 22.0 Å². The minimum absolute atomic E-state index is 0.188. The van der Waals surface area contributed by atoms with Gasteiger partial charge in [-0.2, -0.15) is 0 Å². The summed E-state index contributed by atoms with van der Waals surface area (Å²) in [6.45, 7) is 0. The second kappa shape index (κ2) is 4.10. The molecule has 0 bridgehead atoms. The molecule has 3 atom stereocenters. The number of carbonyl (C=O) groups is 2. The minimum Gasteiger partial charge on any atom is -0.469 e. The number of thioether (sulfide) groups is 1. The Kier molecular flexibility index (Phi) is 2.45. The molecular formula is C12H8N2O4S2. The van der Waals surface area contributed by atoms with Crippen LogP contribution < -0.4 is 10.2 Å². The SMILES string of the molecule is O=C1NC(=O)[C@H]2Sc3[nH]c(=O)sc3[C@@H](c3ccco3)[C@@H]12. The third-order valence-electron chi connectivity index (χ3n) is 3.51. The smallest absolute Gasteiger partial charge is 0.305 e. The van der Waals surface area contributed by atoms with E-state index < -0.39 is 11.2 Å². The lowest BCUT2D eigenvalue weighted by Crippen LogP contribution is -2.30. The number of imide groups is 1. The van der Waals surface area contributed by atoms with E-state index in [4.69, 9.17) is 4.42 Å². The molecule has 2 aromatic heterocycles. The number of rotatable bonds is 1. The highest BCUT2D eigenvalue weighted by molar-refractivity contribution is 8.00. The van der Waals surface area contributed by atoms with E-state index >= 15 is 0 Å². The number of aromatic amines is 1. The molecule has 1 saturated heterocycles. The molecule has 0 unspecified atom stereocenters. The van der Waals surface area contributed by atoms with Gasteiger partial charge in [-0.25, -0.2) is 0 Å². The topological polar surface area (TPSA) is 92.2 Å². The molecule has 4 rings (SSSR count). The molecule has 0 radical (unpaired) electrons. The highest BCUT2D eigenvalue weighted by Crippen LogP contribution is 2.50. The Bertz CT molecular complexity index is 761. The van der Waals surface area contributed by atoms with Crippen molar-refractivity contribution in [2.45, 2.75) is 16.2 Å². The first-order valence-electron chi connectivity index (χ1n) is 5.93. The van der Waals surface area contributed by atoms with Gasteiger partial charge in [0.1, 0.15) is 11.0 Å². The molecule has 2 aliphatic rings. The maximum atomic E-state index is 12.1. The Morgan fingerprint density at radius 2 is 2.05 bits per heavy atom. The van der Waals surface area contributed by atoms with E-state index in [9.17, 15) is 14.4 Å². The first-order chi connectivity index (χ1) is 9.65. The van der Waals surface area contributed by atoms with Gasteiger partial charge in [-0.05, 0) is 12.1 Å². The van der Waals surface area contributed by atoms with Crippen molar-refractivity contribution in [3.63, 3.8) is 0 Å². The number of thiazole rings is 1. The van der Waals surface area contributed by atoms with Crippen molar-refractivity contribution in [1.29, 1.82) is 0 Å². The van der Waals surface area contributed by atoms with Gasteiger partial charge in [-0.1, -0.05) is 23.1 Å². The van der Waals surface area contributed by atoms with Gasteiger partial charge in [0.15, 0.2) is 0 Å². The van der Waals surface area contributed by atoms with Gasteiger partial charge in [-0.15, -0.1) is 0 Å². The predicted octanol–water partition coefficient (Wildman–Crippen LogP) is 0.908. The lowest BCUT2D eigenvalue weighted by Gasteiger charge is -2.27. The van der Waals surface area contributed by atoms with Crippen LogP contribution in [0, 0.1) is 5.92 Å². The van der Waals surface area contributed by atoms with E-state index in [-0.39, 0.29) is 22.6 Å². The maximum absolute atomic E-state index is 12.1. The summed E-state index contributed by atoms with van der Waals surface area (Å²) in [5.41, 5.74) is 0. The van der Waals surface area contributed by atoms with Crippen LogP contribution in [0.2, 0.25) is 0 Å². The van der Waals surface area contributed by atoms with Gasteiger partial charge < -0.3 is 9.40 Å². The van der Waals surface area contributed by atoms with Crippen LogP contribution in [-0.2, 0) is 9.59 Å². The number of amides is 2. The quantitative estimate of drug-likeness (QED) is 0.764. The highest BCUT2D eigenvalue weighted by Gasteiger charge is 2.53. The third kappa shape index (κ3) is 1.55. The zero-order valence-electron chi connectivity index (χ0n) is 9.91. The number of nitrogens with one attached hydrogen (secondary N) is 2. The minimum atomic E-state index is -0.530. The summed E-state index contributed by atoms with van der Waals surface area (Å²) in [4.78, 5) is 38.8. The van der Waals surface area contributed by atoms with Gasteiger partial charge in [0, 0.05) is 0 Å². The molecule has 1 fully saturated rings. The summed E-state index contributed by atoms with van der Waals surface area (Å²) in [7, 11) is 0. The molecule has 0 aliphatic carbocycles. The molecule has 0 saturated carbocycles. The molecule has 2 N–H and O–H groups in total. The van der Waals surface area contributed by atoms with Crippen molar-refractivity contribution < 1.29 is 14.0 Å². The van der Waals surface area contributed by atoms with Gasteiger partial charge in [-0.3, -0.25) is 19.7 Å². The number of furan rings is 1. The first kappa shape index (κ1) is 12.0. The highest BCUT2D eigenvalue weighted by atomic mass is 32.2. The lowest BCUT2D eigenvalue weighted by molar-refractivity contribution is -0.125. The van der Waals surface area contributed by atoms with Crippen molar-refractivity contribution in [3.8, 4) is 0 Å². The van der Waals surface area contributed by atoms with E-state index in [1.54, 1.807) is 12.1 Å². The summed E-state index contributed by atoms with van der Waals surface area (Å²) in [5.74, 6) is -0.930. The molecule has 8 heteroatoms. The fourth-order valence-electron chi connectivity index (χ4n) is 2.71. The Balaban J connectivity index is 1.94. The first-order valence-corrected chi connectivity index (χ1v) is 7.62. The van der Waals surface area contributed by atoms with Crippen LogP contribution in [0.15, 0.2) is 32.6 Å². The number of carbonyl (C=O) groups excluding carboxylic acids is 2. The normalized spacial score (nSPS) is 28.1. The monoisotopic (exact) mass is 308 g/mol. The van der Waals surface area contributed by atoms with E-state index in [2.05, 4.69) is 10.3 Å². The Labute approximate surface area is 120 Å². The van der Waals surface area contributed by atoms with E-state index in [1.807, 2.05) is 0 Å². The lowest BCUT2D eigenvalue weighted by atomic mass is 9.87. The molecule has 6 nitrogen and oxygen atoms in total. The fraction of sp³-hybridized carbons (Fsp3) is 0.250. The number of H-pyrrole nitrogens is 1. The van der Waals surface area contributed by atoms with Crippen LogP contribution in [0.5, 0.6) is 0 Å². The summed E-state index contributed by atoms with van der Waals surface area (Å²) in [6, 6.07) is 3.50. The predicted molar refractivity (Wildman–Crippen MR) is 71.8 cm³/mol. The molecule has 0 spiro atoms. The van der Waals surface area contributed by atoms with Crippen LogP contribution >= 0.6 is 23.1 Å². The Morgan fingerprint density at radius 1 is 1.20 bits per heavy atom. The van der Waals surface area contributed by atoms with Crippen molar-refractivity contribution in [1.82, 2.24) is 10.3 Å². The summed E-state index contributed by atoms with van der Waals surface area (Å²) in [5, 5.41) is 2.50. The van der Waals surface area contributed by atoms with Crippen molar-refractivity contribution in [2.24, 2.45) is 5.92 Å². The van der Waals surface area contributed by atoms with Crippen LogP contribution in [0.3, 0.4) is 0 Å². The summed E-state index contributed by atoms with van der Waals surface area (Å²) < 4.78 is 5.42. The van der Waals surface area contributed by atoms with E-state index in [0.29, 0.717) is 10.8 Å². The third-order valence-corrected chi connectivity index (χ3v) is 5.93. The number of hydrogen-bond donors (Lipinski definition) is 2. The Morgan fingerprint density at radius 3 is 2.80 bits per heavy atom. The molecule has 20 heavy (non-hydrogen) atoms. The zero-order valence-corrected chi connectivity index (χ0v) is 11.5. The fourth-order valence-corrected chi connectivity index (χ4v) is 5.17. The second-order valence-electron chi connectivity index (χ2n) is 4.62. The van der Waals surface area contributed by atoms with Gasteiger partial charge in [0.2, 0.25) is 11.8 Å². The molecule has 2 amide bonds. The average molecular weight is 308 g/mol. The average Bonchev–Trinajstić information content (AvgIpc) is 3.08. The number of fused-ring (bicyclic) bond motifs is 2. The molecule has 102 valence electrons. The van der Waals surface area contributed by atoms with Crippen molar-refractivity contribution in [2.75, 3.05) is 0 Å². The van der Waals surface area contributed by atoms with Crippen LogP contribution in [0.4, 0.5) is 0 Å². The van der Waals surface area contributed by atoms with Gasteiger partial charge in [0.05, 0.1) is 28.0 Å². The molecule has 2 aromatic rings. The number of hydrogen-bond acceptors (Lipinski definition) is 6. The summed E-state index contributed by atoms with van der Waals surface area (Å²) >= 11 is 2.31. The number of aromatic nitrogens is 1. The van der Waals surface area contributed by atoms with Crippen LogP contribution in [0.1, 0.15) is 16.6 Å². The molecule has 0 aromatic carbocycles. The molecule has 2 aliphatic heterocycles. The maximum Gasteiger partial charge on any atom is 0.305 e. The molecule has 4 heterocycles. The zero-order chi connectivity index (χ0) is 13.9. The van der Waals surface area contributed by atoms with Gasteiger partial charge in [0.25, 0.3) is 0 Å². The summed E-state index contributed by atoms with van der Waals surface area (Å²) in [6.07, 6.45) is 1.52. The van der Waals surface area contributed by atoms with E-state index in [0.717, 1.165) is 16.2 Å². The van der Waals surface area contributed by atoms with Gasteiger partial charge >= 0.3 is 4.87 Å². The second-order valence-corrected chi connectivity index (χ2v) is 6.79.